The Morgan fingerprint density at radius 3 is 2.15 bits per heavy atom. The minimum atomic E-state index is -1.65. The average Bonchev–Trinajstić information content (AvgIpc) is 2.34. The molecule has 120 valence electrons. The van der Waals surface area contributed by atoms with E-state index in [1.54, 1.807) is 14.2 Å². The third-order valence-corrected chi connectivity index (χ3v) is 9.08. The first-order chi connectivity index (χ1) is 9.17. The van der Waals surface area contributed by atoms with Crippen LogP contribution < -0.4 is 0 Å². The molecule has 0 heterocycles. The van der Waals surface area contributed by atoms with Gasteiger partial charge in [-0.15, -0.1) is 0 Å². The highest BCUT2D eigenvalue weighted by Gasteiger charge is 2.37. The van der Waals surface area contributed by atoms with Crippen LogP contribution in [0.2, 0.25) is 18.1 Å². The van der Waals surface area contributed by atoms with Gasteiger partial charge in [0.2, 0.25) is 0 Å². The van der Waals surface area contributed by atoms with Gasteiger partial charge in [-0.25, -0.2) is 0 Å². The lowest BCUT2D eigenvalue weighted by molar-refractivity contribution is 0.0293. The molecular formula is C15H31IO3Si. The van der Waals surface area contributed by atoms with E-state index in [0.29, 0.717) is 0 Å². The zero-order valence-corrected chi connectivity index (χ0v) is 17.2. The van der Waals surface area contributed by atoms with Crippen molar-refractivity contribution in [2.75, 3.05) is 20.8 Å². The van der Waals surface area contributed by atoms with E-state index in [4.69, 9.17) is 13.9 Å². The second-order valence-corrected chi connectivity index (χ2v) is 12.1. The van der Waals surface area contributed by atoms with Crippen molar-refractivity contribution in [1.29, 1.82) is 0 Å². The van der Waals surface area contributed by atoms with Crippen molar-refractivity contribution in [3.8, 4) is 0 Å². The van der Waals surface area contributed by atoms with Crippen LogP contribution in [-0.4, -0.2) is 41.4 Å². The van der Waals surface area contributed by atoms with E-state index in [9.17, 15) is 0 Å². The van der Waals surface area contributed by atoms with Crippen molar-refractivity contribution < 1.29 is 13.9 Å². The Hall–Kier alpha value is 0.567. The molecule has 0 aliphatic heterocycles. The Balaban J connectivity index is 4.27. The van der Waals surface area contributed by atoms with Crippen LogP contribution in [0.15, 0.2) is 10.2 Å². The van der Waals surface area contributed by atoms with Gasteiger partial charge in [0.25, 0.3) is 0 Å². The number of ether oxygens (including phenoxy) is 2. The fourth-order valence-corrected chi connectivity index (χ4v) is 3.11. The molecular weight excluding hydrogens is 383 g/mol. The molecule has 0 saturated carbocycles. The van der Waals surface area contributed by atoms with E-state index in [2.05, 4.69) is 62.5 Å². The maximum absolute atomic E-state index is 6.20. The smallest absolute Gasteiger partial charge is 0.191 e. The number of halogens is 1. The molecule has 0 aromatic rings. The Kier molecular flexibility index (Phi) is 9.83. The first-order valence-corrected chi connectivity index (χ1v) is 11.3. The van der Waals surface area contributed by atoms with Gasteiger partial charge in [-0.3, -0.25) is 0 Å². The molecule has 0 fully saturated rings. The van der Waals surface area contributed by atoms with Gasteiger partial charge in [0.15, 0.2) is 8.32 Å². The zero-order chi connectivity index (χ0) is 15.8. The summed E-state index contributed by atoms with van der Waals surface area (Å²) < 4.78 is 19.2. The molecule has 0 saturated heterocycles. The summed E-state index contributed by atoms with van der Waals surface area (Å²) in [7, 11) is 1.85. The normalized spacial score (nSPS) is 16.6. The molecule has 0 radical (unpaired) electrons. The van der Waals surface area contributed by atoms with Crippen LogP contribution in [0.4, 0.5) is 0 Å². The van der Waals surface area contributed by atoms with Gasteiger partial charge in [0.1, 0.15) is 0 Å². The van der Waals surface area contributed by atoms with E-state index >= 15 is 0 Å². The molecule has 0 N–H and O–H groups in total. The molecule has 0 spiro atoms. The monoisotopic (exact) mass is 414 g/mol. The number of methoxy groups -OCH3 is 2. The standard InChI is InChI=1S/C15H31IO3Si/c1-15(2,3)20(6,7)19-11-9-14(18-5)12-13(17-4)8-10-16/h8,10,13-14H,9,11-12H2,1-7H3/b10-8+/t13-,14-/m0/s1. The summed E-state index contributed by atoms with van der Waals surface area (Å²) in [6.45, 7) is 12.1. The molecule has 0 aromatic heterocycles. The summed E-state index contributed by atoms with van der Waals surface area (Å²) in [6, 6.07) is 0. The second-order valence-electron chi connectivity index (χ2n) is 6.58. The summed E-state index contributed by atoms with van der Waals surface area (Å²) in [4.78, 5) is 0. The fourth-order valence-electron chi connectivity index (χ4n) is 1.59. The first-order valence-electron chi connectivity index (χ1n) is 7.14. The quantitative estimate of drug-likeness (QED) is 0.402. The topological polar surface area (TPSA) is 27.7 Å². The predicted octanol–water partition coefficient (Wildman–Crippen LogP) is 4.77. The molecule has 3 nitrogen and oxygen atoms in total. The Labute approximate surface area is 139 Å². The Morgan fingerprint density at radius 2 is 1.75 bits per heavy atom. The molecule has 0 amide bonds. The molecule has 0 rings (SSSR count). The molecule has 2 atom stereocenters. The Bertz CT molecular complexity index is 287. The first kappa shape index (κ1) is 20.6. The van der Waals surface area contributed by atoms with Crippen LogP contribution in [0.1, 0.15) is 33.6 Å². The van der Waals surface area contributed by atoms with Gasteiger partial charge in [-0.1, -0.05) is 43.4 Å². The number of hydrogen-bond acceptors (Lipinski definition) is 3. The van der Waals surface area contributed by atoms with Crippen LogP contribution in [0.3, 0.4) is 0 Å². The minimum absolute atomic E-state index is 0.115. The lowest BCUT2D eigenvalue weighted by Gasteiger charge is -2.36. The largest absolute Gasteiger partial charge is 0.417 e. The summed E-state index contributed by atoms with van der Waals surface area (Å²) in [5, 5.41) is 0.259. The number of hydrogen-bond donors (Lipinski definition) is 0. The maximum Gasteiger partial charge on any atom is 0.191 e. The molecule has 0 aliphatic carbocycles. The van der Waals surface area contributed by atoms with E-state index in [-0.39, 0.29) is 17.2 Å². The van der Waals surface area contributed by atoms with Gasteiger partial charge < -0.3 is 13.9 Å². The van der Waals surface area contributed by atoms with Crippen LogP contribution in [0.5, 0.6) is 0 Å². The molecule has 0 aromatic carbocycles. The lowest BCUT2D eigenvalue weighted by Crippen LogP contribution is -2.41. The third kappa shape index (κ3) is 7.54. The highest BCUT2D eigenvalue weighted by atomic mass is 127. The highest BCUT2D eigenvalue weighted by molar-refractivity contribution is 14.1. The average molecular weight is 414 g/mol. The van der Waals surface area contributed by atoms with Crippen LogP contribution in [0.25, 0.3) is 0 Å². The van der Waals surface area contributed by atoms with Crippen molar-refractivity contribution in [3.63, 3.8) is 0 Å². The zero-order valence-electron chi connectivity index (χ0n) is 14.0. The maximum atomic E-state index is 6.20. The summed E-state index contributed by atoms with van der Waals surface area (Å²) in [5.74, 6) is 0. The summed E-state index contributed by atoms with van der Waals surface area (Å²) >= 11 is 2.21. The molecule has 0 aliphatic rings. The van der Waals surface area contributed by atoms with Crippen molar-refractivity contribution >= 4 is 30.9 Å². The molecule has 0 unspecified atom stereocenters. The van der Waals surface area contributed by atoms with Gasteiger partial charge in [-0.05, 0) is 34.7 Å². The lowest BCUT2D eigenvalue weighted by atomic mass is 10.1. The van der Waals surface area contributed by atoms with Gasteiger partial charge in [-0.2, -0.15) is 0 Å². The van der Waals surface area contributed by atoms with E-state index in [1.165, 1.54) is 0 Å². The van der Waals surface area contributed by atoms with Gasteiger partial charge >= 0.3 is 0 Å². The molecule has 5 heteroatoms. The van der Waals surface area contributed by atoms with Crippen LogP contribution >= 0.6 is 22.6 Å². The van der Waals surface area contributed by atoms with Crippen molar-refractivity contribution in [2.45, 2.75) is 64.0 Å². The van der Waals surface area contributed by atoms with E-state index in [1.807, 2.05) is 4.08 Å². The third-order valence-electron chi connectivity index (χ3n) is 4.13. The fraction of sp³-hybridized carbons (Fsp3) is 0.867. The van der Waals surface area contributed by atoms with Gasteiger partial charge in [0.05, 0.1) is 12.2 Å². The highest BCUT2D eigenvalue weighted by Crippen LogP contribution is 2.36. The summed E-state index contributed by atoms with van der Waals surface area (Å²) in [6.07, 6.45) is 4.13. The minimum Gasteiger partial charge on any atom is -0.417 e. The number of rotatable bonds is 9. The second kappa shape index (κ2) is 9.56. The molecule has 0 bridgehead atoms. The van der Waals surface area contributed by atoms with Crippen molar-refractivity contribution in [1.82, 2.24) is 0 Å². The molecule has 20 heavy (non-hydrogen) atoms. The van der Waals surface area contributed by atoms with Crippen molar-refractivity contribution in [2.24, 2.45) is 0 Å². The van der Waals surface area contributed by atoms with Gasteiger partial charge in [0, 0.05) is 27.2 Å². The predicted molar refractivity (Wildman–Crippen MR) is 97.1 cm³/mol. The van der Waals surface area contributed by atoms with E-state index in [0.717, 1.165) is 19.4 Å². The SMILES string of the molecule is CO[C@@H](CCO[Si](C)(C)C(C)(C)C)C[C@H](/C=C/I)OC. The van der Waals surface area contributed by atoms with Crippen LogP contribution in [-0.2, 0) is 13.9 Å². The van der Waals surface area contributed by atoms with E-state index < -0.39 is 8.32 Å². The van der Waals surface area contributed by atoms with Crippen LogP contribution in [0, 0.1) is 0 Å². The Morgan fingerprint density at radius 1 is 1.15 bits per heavy atom. The summed E-state index contributed by atoms with van der Waals surface area (Å²) in [5.41, 5.74) is 0. The van der Waals surface area contributed by atoms with Crippen molar-refractivity contribution in [3.05, 3.63) is 10.2 Å².